The lowest BCUT2D eigenvalue weighted by molar-refractivity contribution is -0.271. The molecule has 2 aromatic rings. The van der Waals surface area contributed by atoms with Gasteiger partial charge in [-0.15, -0.1) is 0 Å². The maximum atomic E-state index is 11.4. The molecule has 202 valence electrons. The first kappa shape index (κ1) is 28.3. The van der Waals surface area contributed by atoms with E-state index in [4.69, 9.17) is 20.3 Å². The molecule has 12 heteroatoms. The average Bonchev–Trinajstić information content (AvgIpc) is 2.87. The van der Waals surface area contributed by atoms with Crippen LogP contribution < -0.4 is 15.8 Å². The third-order valence-corrected chi connectivity index (χ3v) is 6.19. The van der Waals surface area contributed by atoms with E-state index in [0.717, 1.165) is 12.0 Å². The number of hydrogen-bond donors (Lipinski definition) is 8. The number of aliphatic hydroxyl groups excluding tert-OH is 4. The molecule has 1 amide bonds. The summed E-state index contributed by atoms with van der Waals surface area (Å²) in [5, 5.41) is 62.2. The molecule has 0 spiro atoms. The van der Waals surface area contributed by atoms with E-state index in [-0.39, 0.29) is 29.6 Å². The Labute approximate surface area is 212 Å². The van der Waals surface area contributed by atoms with E-state index in [1.807, 2.05) is 6.92 Å². The number of hydrogen-bond acceptors (Lipinski definition) is 10. The van der Waals surface area contributed by atoms with E-state index in [0.29, 0.717) is 12.0 Å². The van der Waals surface area contributed by atoms with E-state index in [1.165, 1.54) is 18.2 Å². The van der Waals surface area contributed by atoms with Gasteiger partial charge in [0.25, 0.3) is 5.91 Å². The molecule has 3 rings (SSSR count). The van der Waals surface area contributed by atoms with Gasteiger partial charge in [0, 0.05) is 12.6 Å². The predicted molar refractivity (Wildman–Crippen MR) is 129 cm³/mol. The molecule has 7 atom stereocenters. The normalized spacial score (nSPS) is 25.3. The van der Waals surface area contributed by atoms with Gasteiger partial charge in [-0.3, -0.25) is 4.79 Å². The number of rotatable bonds is 11. The van der Waals surface area contributed by atoms with E-state index >= 15 is 0 Å². The molecule has 1 heterocycles. The zero-order valence-electron chi connectivity index (χ0n) is 20.1. The minimum Gasteiger partial charge on any atom is -0.507 e. The van der Waals surface area contributed by atoms with Crippen LogP contribution in [0.3, 0.4) is 0 Å². The molecule has 12 nitrogen and oxygen atoms in total. The Kier molecular flexibility index (Phi) is 9.43. The molecule has 3 unspecified atom stereocenters. The number of nitrogens with two attached hydrogens (primary N) is 1. The topological polar surface area (TPSA) is 212 Å². The summed E-state index contributed by atoms with van der Waals surface area (Å²) in [5.41, 5.74) is 6.59. The largest absolute Gasteiger partial charge is 0.507 e. The standard InChI is InChI=1S/C25H32N2O10/c1-12(27-11-18(29)14-6-9-17(28)16(10-14)23(26)33)2-3-13-4-7-15(8-5-13)36-25-21(32)19(30)20(31)22(37-25)24(34)35/h4-10,12,18-22,25,27-32H,2-3,11H2,1H3,(H2,26,33)(H,34,35)/t12?,18?,19-,20-,21+,22-,25?/m0/s1. The number of ether oxygens (including phenoxy) is 2. The van der Waals surface area contributed by atoms with Crippen LogP contribution in [0.2, 0.25) is 0 Å². The van der Waals surface area contributed by atoms with Crippen molar-refractivity contribution in [3.05, 3.63) is 59.2 Å². The first-order chi connectivity index (χ1) is 17.5. The summed E-state index contributed by atoms with van der Waals surface area (Å²) in [6.45, 7) is 2.18. The second kappa shape index (κ2) is 12.3. The molecule has 0 aromatic heterocycles. The fourth-order valence-electron chi connectivity index (χ4n) is 3.89. The number of carboxylic acid groups (broad SMARTS) is 1. The summed E-state index contributed by atoms with van der Waals surface area (Å²) in [4.78, 5) is 22.6. The van der Waals surface area contributed by atoms with Crippen molar-refractivity contribution in [3.63, 3.8) is 0 Å². The van der Waals surface area contributed by atoms with Crippen molar-refractivity contribution in [1.29, 1.82) is 0 Å². The maximum absolute atomic E-state index is 11.4. The summed E-state index contributed by atoms with van der Waals surface area (Å²) in [6.07, 6.45) is -7.89. The summed E-state index contributed by atoms with van der Waals surface area (Å²) in [6, 6.07) is 11.0. The number of amides is 1. The number of phenols is 1. The number of carbonyl (C=O) groups is 2. The van der Waals surface area contributed by atoms with Gasteiger partial charge in [-0.05, 0) is 55.2 Å². The SMILES string of the molecule is CC(CCc1ccc(OC2O[C@H](C(=O)O)[C@@H](O)[C@H](O)[C@H]2O)cc1)NCC(O)c1ccc(O)c(C(N)=O)c1. The molecule has 2 aromatic carbocycles. The molecule has 0 bridgehead atoms. The van der Waals surface area contributed by atoms with Crippen molar-refractivity contribution in [1.82, 2.24) is 5.32 Å². The molecule has 1 aliphatic heterocycles. The van der Waals surface area contributed by atoms with Crippen LogP contribution in [0.4, 0.5) is 0 Å². The molecule has 9 N–H and O–H groups in total. The van der Waals surface area contributed by atoms with Crippen LogP contribution in [0.25, 0.3) is 0 Å². The van der Waals surface area contributed by atoms with Crippen molar-refractivity contribution in [2.45, 2.75) is 62.6 Å². The van der Waals surface area contributed by atoms with Crippen molar-refractivity contribution >= 4 is 11.9 Å². The summed E-state index contributed by atoms with van der Waals surface area (Å²) >= 11 is 0. The average molecular weight is 521 g/mol. The van der Waals surface area contributed by atoms with Crippen LogP contribution in [0.1, 0.15) is 40.9 Å². The van der Waals surface area contributed by atoms with Crippen molar-refractivity contribution < 1.29 is 49.7 Å². The molecular weight excluding hydrogens is 488 g/mol. The van der Waals surface area contributed by atoms with Crippen LogP contribution in [0.15, 0.2) is 42.5 Å². The molecule has 0 aliphatic carbocycles. The van der Waals surface area contributed by atoms with Crippen molar-refractivity contribution in [2.75, 3.05) is 6.54 Å². The zero-order chi connectivity index (χ0) is 27.3. The Morgan fingerprint density at radius 1 is 1.08 bits per heavy atom. The summed E-state index contributed by atoms with van der Waals surface area (Å²) in [5.74, 6) is -2.24. The maximum Gasteiger partial charge on any atom is 0.335 e. The number of benzene rings is 2. The Balaban J connectivity index is 1.48. The first-order valence-electron chi connectivity index (χ1n) is 11.7. The quantitative estimate of drug-likeness (QED) is 0.187. The van der Waals surface area contributed by atoms with Crippen LogP contribution in [0, 0.1) is 0 Å². The highest BCUT2D eigenvalue weighted by Gasteiger charge is 2.48. The van der Waals surface area contributed by atoms with E-state index < -0.39 is 48.7 Å². The fourth-order valence-corrected chi connectivity index (χ4v) is 3.89. The highest BCUT2D eigenvalue weighted by Crippen LogP contribution is 2.25. The second-order valence-electron chi connectivity index (χ2n) is 9.00. The Morgan fingerprint density at radius 2 is 1.76 bits per heavy atom. The van der Waals surface area contributed by atoms with Gasteiger partial charge in [-0.2, -0.15) is 0 Å². The molecule has 0 saturated carbocycles. The molecular formula is C25H32N2O10. The van der Waals surface area contributed by atoms with Crippen LogP contribution >= 0.6 is 0 Å². The number of primary amides is 1. The molecule has 0 radical (unpaired) electrons. The van der Waals surface area contributed by atoms with Crippen molar-refractivity contribution in [3.8, 4) is 11.5 Å². The third-order valence-electron chi connectivity index (χ3n) is 6.19. The van der Waals surface area contributed by atoms with Gasteiger partial charge in [-0.1, -0.05) is 18.2 Å². The Morgan fingerprint density at radius 3 is 2.38 bits per heavy atom. The van der Waals surface area contributed by atoms with Gasteiger partial charge in [0.2, 0.25) is 6.29 Å². The number of aliphatic carboxylic acids is 1. The number of carbonyl (C=O) groups excluding carboxylic acids is 1. The smallest absolute Gasteiger partial charge is 0.335 e. The highest BCUT2D eigenvalue weighted by molar-refractivity contribution is 5.95. The van der Waals surface area contributed by atoms with Crippen LogP contribution in [-0.2, 0) is 16.0 Å². The second-order valence-corrected chi connectivity index (χ2v) is 9.00. The van der Waals surface area contributed by atoms with E-state index in [9.17, 15) is 35.1 Å². The number of aryl methyl sites for hydroxylation is 1. The predicted octanol–water partition coefficient (Wildman–Crippen LogP) is -0.594. The van der Waals surface area contributed by atoms with Gasteiger partial charge >= 0.3 is 5.97 Å². The van der Waals surface area contributed by atoms with E-state index in [2.05, 4.69) is 5.32 Å². The zero-order valence-corrected chi connectivity index (χ0v) is 20.1. The van der Waals surface area contributed by atoms with Gasteiger partial charge in [-0.25, -0.2) is 4.79 Å². The van der Waals surface area contributed by atoms with Gasteiger partial charge in [0.1, 0.15) is 29.8 Å². The lowest BCUT2D eigenvalue weighted by Crippen LogP contribution is -2.61. The molecule has 1 fully saturated rings. The Bertz CT molecular complexity index is 1080. The highest BCUT2D eigenvalue weighted by atomic mass is 16.7. The number of carboxylic acids is 1. The summed E-state index contributed by atoms with van der Waals surface area (Å²) in [7, 11) is 0. The minimum absolute atomic E-state index is 0.0324. The van der Waals surface area contributed by atoms with Gasteiger partial charge < -0.3 is 51.2 Å². The van der Waals surface area contributed by atoms with Gasteiger partial charge in [0.15, 0.2) is 6.10 Å². The monoisotopic (exact) mass is 520 g/mol. The minimum atomic E-state index is -1.79. The first-order valence-corrected chi connectivity index (χ1v) is 11.7. The lowest BCUT2D eigenvalue weighted by atomic mass is 9.99. The number of aliphatic hydroxyl groups is 4. The van der Waals surface area contributed by atoms with E-state index in [1.54, 1.807) is 24.3 Å². The lowest BCUT2D eigenvalue weighted by Gasteiger charge is -2.38. The number of nitrogens with one attached hydrogen (secondary N) is 1. The molecule has 1 aliphatic rings. The third kappa shape index (κ3) is 7.16. The molecule has 1 saturated heterocycles. The van der Waals surface area contributed by atoms with Crippen LogP contribution in [0.5, 0.6) is 11.5 Å². The van der Waals surface area contributed by atoms with Gasteiger partial charge in [0.05, 0.1) is 11.7 Å². The number of aromatic hydroxyl groups is 1. The summed E-state index contributed by atoms with van der Waals surface area (Å²) < 4.78 is 10.6. The van der Waals surface area contributed by atoms with Crippen molar-refractivity contribution in [2.24, 2.45) is 5.73 Å². The fraction of sp³-hybridized carbons (Fsp3) is 0.440. The molecule has 37 heavy (non-hydrogen) atoms. The van der Waals surface area contributed by atoms with Crippen LogP contribution in [-0.4, -0.2) is 85.8 Å². The Hall–Kier alpha value is -3.26.